The van der Waals surface area contributed by atoms with Crippen LogP contribution in [-0.4, -0.2) is 51.3 Å². The van der Waals surface area contributed by atoms with E-state index in [9.17, 15) is 18.3 Å². The molecule has 1 heterocycles. The van der Waals surface area contributed by atoms with Gasteiger partial charge in [-0.25, -0.2) is 4.79 Å². The third-order valence-electron chi connectivity index (χ3n) is 5.30. The van der Waals surface area contributed by atoms with Gasteiger partial charge in [-0.05, 0) is 42.0 Å². The number of ether oxygens (including phenoxy) is 2. The van der Waals surface area contributed by atoms with Crippen LogP contribution in [0.25, 0.3) is 11.0 Å². The maximum atomic E-state index is 10.6. The first-order valence-corrected chi connectivity index (χ1v) is 11.1. The molecule has 8 nitrogen and oxygen atoms in total. The number of aromatic nitrogens is 2. The number of para-hydroxylation sites is 2. The quantitative estimate of drug-likeness (QED) is 0.327. The Morgan fingerprint density at radius 3 is 1.97 bits per heavy atom. The van der Waals surface area contributed by atoms with Crippen LogP contribution in [0.15, 0.2) is 78.9 Å². The number of nitrogens with zero attached hydrogens (tertiary/aromatic N) is 2. The van der Waals surface area contributed by atoms with Gasteiger partial charge >= 0.3 is 12.1 Å². The third-order valence-corrected chi connectivity index (χ3v) is 5.30. The van der Waals surface area contributed by atoms with Gasteiger partial charge in [0.2, 0.25) is 5.62 Å². The van der Waals surface area contributed by atoms with Crippen molar-refractivity contribution in [2.24, 2.45) is 0 Å². The standard InChI is InChI=1S/C24H25N3O3.C2HF3O2/c1-29-20-11-13-21(14-12-20)30-17-19(28)16-27-23-10-6-5-9-22(23)26(24(27)25)15-18-7-3-2-4-8-18;3-2(4,5)1(6)7/h2-14,19,25,28H,15-17H2,1H3;(H,6,7). The second kappa shape index (κ2) is 12.1. The molecule has 0 aliphatic carbocycles. The van der Waals surface area contributed by atoms with E-state index in [1.54, 1.807) is 19.2 Å². The molecule has 0 radical (unpaired) electrons. The van der Waals surface area contributed by atoms with Gasteiger partial charge in [-0.2, -0.15) is 13.2 Å². The number of fused-ring (bicyclic) bond motifs is 1. The van der Waals surface area contributed by atoms with Crippen LogP contribution in [0.5, 0.6) is 11.5 Å². The molecule has 0 bridgehead atoms. The van der Waals surface area contributed by atoms with Gasteiger partial charge in [0.15, 0.2) is 0 Å². The van der Waals surface area contributed by atoms with E-state index in [0.29, 0.717) is 17.9 Å². The lowest BCUT2D eigenvalue weighted by Gasteiger charge is -2.14. The summed E-state index contributed by atoms with van der Waals surface area (Å²) < 4.78 is 46.4. The number of imidazole rings is 1. The lowest BCUT2D eigenvalue weighted by atomic mass is 10.2. The monoisotopic (exact) mass is 517 g/mol. The first-order valence-electron chi connectivity index (χ1n) is 11.1. The molecule has 1 unspecified atom stereocenters. The number of hydrogen-bond donors (Lipinski definition) is 3. The molecule has 0 fully saturated rings. The number of aliphatic hydroxyl groups excluding tert-OH is 1. The highest BCUT2D eigenvalue weighted by Gasteiger charge is 2.38. The van der Waals surface area contributed by atoms with Crippen LogP contribution in [-0.2, 0) is 17.9 Å². The van der Waals surface area contributed by atoms with E-state index in [4.69, 9.17) is 24.8 Å². The number of carboxylic acids is 1. The van der Waals surface area contributed by atoms with Crippen molar-refractivity contribution < 1.29 is 37.7 Å². The van der Waals surface area contributed by atoms with Crippen LogP contribution in [0.2, 0.25) is 0 Å². The van der Waals surface area contributed by atoms with Crippen LogP contribution >= 0.6 is 0 Å². The highest BCUT2D eigenvalue weighted by molar-refractivity contribution is 5.76. The normalized spacial score (nSPS) is 11.9. The Morgan fingerprint density at radius 1 is 0.919 bits per heavy atom. The van der Waals surface area contributed by atoms with E-state index < -0.39 is 18.2 Å². The number of halogens is 3. The van der Waals surface area contributed by atoms with Gasteiger partial charge in [0.25, 0.3) is 0 Å². The minimum absolute atomic E-state index is 0.136. The molecule has 4 aromatic rings. The zero-order valence-corrected chi connectivity index (χ0v) is 19.9. The fourth-order valence-corrected chi connectivity index (χ4v) is 3.53. The summed E-state index contributed by atoms with van der Waals surface area (Å²) in [5.41, 5.74) is 3.36. The van der Waals surface area contributed by atoms with Gasteiger partial charge in [0, 0.05) is 0 Å². The lowest BCUT2D eigenvalue weighted by Crippen LogP contribution is -2.31. The van der Waals surface area contributed by atoms with Gasteiger partial charge in [-0.3, -0.25) is 5.41 Å². The van der Waals surface area contributed by atoms with E-state index in [2.05, 4.69) is 12.1 Å². The second-order valence-electron chi connectivity index (χ2n) is 7.94. The maximum absolute atomic E-state index is 10.6. The summed E-state index contributed by atoms with van der Waals surface area (Å²) in [6.07, 6.45) is -5.84. The summed E-state index contributed by atoms with van der Waals surface area (Å²) in [6, 6.07) is 25.2. The zero-order chi connectivity index (χ0) is 27.0. The molecule has 1 atom stereocenters. The van der Waals surface area contributed by atoms with Gasteiger partial charge in [-0.1, -0.05) is 42.5 Å². The van der Waals surface area contributed by atoms with Crippen molar-refractivity contribution in [3.63, 3.8) is 0 Å². The van der Waals surface area contributed by atoms with Crippen LogP contribution in [0.4, 0.5) is 13.2 Å². The van der Waals surface area contributed by atoms with Crippen LogP contribution in [0, 0.1) is 5.41 Å². The summed E-state index contributed by atoms with van der Waals surface area (Å²) in [6.45, 7) is 1.01. The molecule has 1 aromatic heterocycles. The average Bonchev–Trinajstić information content (AvgIpc) is 3.14. The molecule has 4 rings (SSSR count). The maximum Gasteiger partial charge on any atom is 0.490 e. The largest absolute Gasteiger partial charge is 0.497 e. The number of benzene rings is 3. The summed E-state index contributed by atoms with van der Waals surface area (Å²) in [4.78, 5) is 8.90. The number of rotatable bonds is 8. The molecule has 0 saturated carbocycles. The van der Waals surface area contributed by atoms with Crippen molar-refractivity contribution in [1.82, 2.24) is 9.13 Å². The van der Waals surface area contributed by atoms with Gasteiger partial charge in [0.1, 0.15) is 24.2 Å². The molecule has 0 aliphatic heterocycles. The Morgan fingerprint density at radius 2 is 1.43 bits per heavy atom. The molecule has 0 saturated heterocycles. The van der Waals surface area contributed by atoms with E-state index >= 15 is 0 Å². The summed E-state index contributed by atoms with van der Waals surface area (Å²) in [5, 5.41) is 26.4. The Hall–Kier alpha value is -4.25. The summed E-state index contributed by atoms with van der Waals surface area (Å²) in [5.74, 6) is -1.34. The second-order valence-corrected chi connectivity index (χ2v) is 7.94. The minimum atomic E-state index is -5.08. The van der Waals surface area contributed by atoms with Gasteiger partial charge in [-0.15, -0.1) is 0 Å². The van der Waals surface area contributed by atoms with Crippen molar-refractivity contribution in [2.75, 3.05) is 13.7 Å². The Labute approximate surface area is 210 Å². The molecule has 37 heavy (non-hydrogen) atoms. The molecule has 3 N–H and O–H groups in total. The third kappa shape index (κ3) is 7.37. The van der Waals surface area contributed by atoms with Crippen molar-refractivity contribution >= 4 is 17.0 Å². The highest BCUT2D eigenvalue weighted by Crippen LogP contribution is 2.18. The van der Waals surface area contributed by atoms with Crippen LogP contribution in [0.1, 0.15) is 5.56 Å². The summed E-state index contributed by atoms with van der Waals surface area (Å²) in [7, 11) is 1.61. The fraction of sp³-hybridized carbons (Fsp3) is 0.231. The number of nitrogens with one attached hydrogen (secondary N) is 1. The number of carboxylic acid groups (broad SMARTS) is 1. The Bertz CT molecular complexity index is 1370. The molecule has 0 spiro atoms. The predicted octanol–water partition coefficient (Wildman–Crippen LogP) is 4.05. The van der Waals surface area contributed by atoms with Gasteiger partial charge in [0.05, 0.1) is 31.2 Å². The van der Waals surface area contributed by atoms with Crippen molar-refractivity contribution in [3.8, 4) is 11.5 Å². The van der Waals surface area contributed by atoms with Crippen LogP contribution in [0.3, 0.4) is 0 Å². The van der Waals surface area contributed by atoms with E-state index in [0.717, 1.165) is 22.3 Å². The molecule has 11 heteroatoms. The molecule has 0 amide bonds. The number of aliphatic carboxylic acids is 1. The first-order chi connectivity index (χ1) is 17.6. The van der Waals surface area contributed by atoms with Crippen molar-refractivity contribution in [1.29, 1.82) is 5.41 Å². The Balaban J connectivity index is 0.000000479. The smallest absolute Gasteiger partial charge is 0.490 e. The highest BCUT2D eigenvalue weighted by atomic mass is 19.4. The lowest BCUT2D eigenvalue weighted by molar-refractivity contribution is -0.192. The number of hydrogen-bond acceptors (Lipinski definition) is 5. The summed E-state index contributed by atoms with van der Waals surface area (Å²) >= 11 is 0. The van der Waals surface area contributed by atoms with Gasteiger partial charge < -0.3 is 28.8 Å². The molecule has 196 valence electrons. The number of alkyl halides is 3. The van der Waals surface area contributed by atoms with Crippen molar-refractivity contribution in [2.45, 2.75) is 25.4 Å². The average molecular weight is 518 g/mol. The Kier molecular flexibility index (Phi) is 8.96. The fourth-order valence-electron chi connectivity index (χ4n) is 3.53. The van der Waals surface area contributed by atoms with Crippen molar-refractivity contribution in [3.05, 3.63) is 90.0 Å². The number of aliphatic hydroxyl groups is 1. The molecular formula is C26H26F3N3O5. The topological polar surface area (TPSA) is 110 Å². The van der Waals surface area contributed by atoms with Crippen LogP contribution < -0.4 is 15.1 Å². The molecule has 3 aromatic carbocycles. The zero-order valence-electron chi connectivity index (χ0n) is 19.9. The number of methoxy groups -OCH3 is 1. The minimum Gasteiger partial charge on any atom is -0.497 e. The predicted molar refractivity (Wildman–Crippen MR) is 130 cm³/mol. The number of carbonyl (C=O) groups is 1. The first kappa shape index (κ1) is 27.3. The molecular weight excluding hydrogens is 491 g/mol. The van der Waals surface area contributed by atoms with E-state index in [1.807, 2.05) is 63.7 Å². The van der Waals surface area contributed by atoms with E-state index in [1.165, 1.54) is 0 Å². The van der Waals surface area contributed by atoms with E-state index in [-0.39, 0.29) is 13.2 Å². The SMILES string of the molecule is COc1ccc(OCC(O)Cn2c(=N)n(Cc3ccccc3)c3ccccc32)cc1.O=C(O)C(F)(F)F. The molecule has 0 aliphatic rings.